The average Bonchev–Trinajstić information content (AvgIpc) is 2.89. The summed E-state index contributed by atoms with van der Waals surface area (Å²) < 4.78 is 16.3. The van der Waals surface area contributed by atoms with Crippen molar-refractivity contribution in [3.05, 3.63) is 23.8 Å². The normalized spacial score (nSPS) is 22.7. The first kappa shape index (κ1) is 12.7. The third kappa shape index (κ3) is 2.83. The summed E-state index contributed by atoms with van der Waals surface area (Å²) in [6.07, 6.45) is 0.977. The first-order valence-electron chi connectivity index (χ1n) is 6.77. The van der Waals surface area contributed by atoms with Crippen LogP contribution in [0.3, 0.4) is 0 Å². The Morgan fingerprint density at radius 1 is 1.26 bits per heavy atom. The van der Waals surface area contributed by atoms with E-state index in [0.717, 1.165) is 44.2 Å². The summed E-state index contributed by atoms with van der Waals surface area (Å²) in [7, 11) is 0. The van der Waals surface area contributed by atoms with Gasteiger partial charge in [-0.25, -0.2) is 0 Å². The van der Waals surface area contributed by atoms with Crippen molar-refractivity contribution in [2.24, 2.45) is 5.73 Å². The monoisotopic (exact) mass is 264 g/mol. The van der Waals surface area contributed by atoms with E-state index in [9.17, 15) is 0 Å². The molecule has 1 aromatic rings. The molecule has 0 saturated carbocycles. The Labute approximate surface area is 113 Å². The number of nitrogens with two attached hydrogens (primary N) is 1. The molecule has 5 nitrogen and oxygen atoms in total. The summed E-state index contributed by atoms with van der Waals surface area (Å²) >= 11 is 0. The van der Waals surface area contributed by atoms with Crippen molar-refractivity contribution in [2.75, 3.05) is 33.1 Å². The number of hydrogen-bond donors (Lipinski definition) is 1. The van der Waals surface area contributed by atoms with E-state index in [4.69, 9.17) is 19.9 Å². The molecule has 2 N–H and O–H groups in total. The van der Waals surface area contributed by atoms with Gasteiger partial charge in [0.05, 0.1) is 13.2 Å². The van der Waals surface area contributed by atoms with Gasteiger partial charge in [-0.15, -0.1) is 0 Å². The number of morpholine rings is 1. The Morgan fingerprint density at radius 3 is 3.05 bits per heavy atom. The smallest absolute Gasteiger partial charge is 0.231 e. The van der Waals surface area contributed by atoms with Crippen LogP contribution >= 0.6 is 0 Å². The minimum atomic E-state index is 0.326. The molecule has 104 valence electrons. The van der Waals surface area contributed by atoms with Crippen molar-refractivity contribution >= 4 is 0 Å². The van der Waals surface area contributed by atoms with E-state index in [1.807, 2.05) is 6.07 Å². The highest BCUT2D eigenvalue weighted by Gasteiger charge is 2.23. The van der Waals surface area contributed by atoms with Crippen LogP contribution in [0.25, 0.3) is 0 Å². The van der Waals surface area contributed by atoms with Crippen LogP contribution in [0, 0.1) is 0 Å². The van der Waals surface area contributed by atoms with Crippen molar-refractivity contribution in [1.29, 1.82) is 0 Å². The van der Waals surface area contributed by atoms with Crippen LogP contribution in [0.4, 0.5) is 0 Å². The van der Waals surface area contributed by atoms with Crippen LogP contribution in [0.5, 0.6) is 11.5 Å². The highest BCUT2D eigenvalue weighted by Crippen LogP contribution is 2.33. The van der Waals surface area contributed by atoms with E-state index in [1.54, 1.807) is 0 Å². The molecular formula is C14H20N2O3. The first-order chi connectivity index (χ1) is 9.36. The van der Waals surface area contributed by atoms with Gasteiger partial charge < -0.3 is 19.9 Å². The fraction of sp³-hybridized carbons (Fsp3) is 0.571. The molecule has 0 spiro atoms. The van der Waals surface area contributed by atoms with Crippen LogP contribution in [-0.2, 0) is 11.3 Å². The van der Waals surface area contributed by atoms with Crippen molar-refractivity contribution in [1.82, 2.24) is 4.90 Å². The Morgan fingerprint density at radius 2 is 2.16 bits per heavy atom. The minimum absolute atomic E-state index is 0.326. The lowest BCUT2D eigenvalue weighted by molar-refractivity contribution is -0.0135. The Balaban J connectivity index is 1.69. The van der Waals surface area contributed by atoms with Crippen LogP contribution in [0.2, 0.25) is 0 Å². The lowest BCUT2D eigenvalue weighted by Gasteiger charge is -2.35. The van der Waals surface area contributed by atoms with Gasteiger partial charge in [-0.05, 0) is 30.7 Å². The standard InChI is InChI=1S/C14H20N2O3/c15-4-3-12-9-17-6-5-16(12)8-11-1-2-13-14(7-11)19-10-18-13/h1-2,7,12H,3-6,8-10,15H2. The van der Waals surface area contributed by atoms with E-state index in [1.165, 1.54) is 5.56 Å². The molecule has 0 aliphatic carbocycles. The number of fused-ring (bicyclic) bond motifs is 1. The van der Waals surface area contributed by atoms with Crippen LogP contribution < -0.4 is 15.2 Å². The number of rotatable bonds is 4. The quantitative estimate of drug-likeness (QED) is 0.878. The zero-order valence-electron chi connectivity index (χ0n) is 11.0. The fourth-order valence-electron chi connectivity index (χ4n) is 2.63. The molecule has 0 bridgehead atoms. The van der Waals surface area contributed by atoms with Gasteiger partial charge in [0.25, 0.3) is 0 Å². The molecule has 19 heavy (non-hydrogen) atoms. The maximum absolute atomic E-state index is 5.67. The van der Waals surface area contributed by atoms with E-state index in [2.05, 4.69) is 17.0 Å². The second-order valence-corrected chi connectivity index (χ2v) is 4.96. The van der Waals surface area contributed by atoms with Gasteiger partial charge in [0.2, 0.25) is 6.79 Å². The van der Waals surface area contributed by atoms with Crippen molar-refractivity contribution in [3.63, 3.8) is 0 Å². The number of ether oxygens (including phenoxy) is 3. The van der Waals surface area contributed by atoms with E-state index in [0.29, 0.717) is 19.4 Å². The maximum atomic E-state index is 5.67. The van der Waals surface area contributed by atoms with Crippen LogP contribution in [0.1, 0.15) is 12.0 Å². The zero-order valence-corrected chi connectivity index (χ0v) is 11.0. The van der Waals surface area contributed by atoms with Gasteiger partial charge in [-0.2, -0.15) is 0 Å². The average molecular weight is 264 g/mol. The van der Waals surface area contributed by atoms with Crippen molar-refractivity contribution in [2.45, 2.75) is 19.0 Å². The maximum Gasteiger partial charge on any atom is 0.231 e. The Hall–Kier alpha value is -1.30. The second kappa shape index (κ2) is 5.77. The molecule has 0 amide bonds. The summed E-state index contributed by atoms with van der Waals surface area (Å²) in [5, 5.41) is 0. The highest BCUT2D eigenvalue weighted by molar-refractivity contribution is 5.44. The number of nitrogens with zero attached hydrogens (tertiary/aromatic N) is 1. The summed E-state index contributed by atoms with van der Waals surface area (Å²) in [6.45, 7) is 4.47. The van der Waals surface area contributed by atoms with Gasteiger partial charge >= 0.3 is 0 Å². The molecule has 2 aliphatic heterocycles. The SMILES string of the molecule is NCCC1COCCN1Cc1ccc2c(c1)OCO2. The topological polar surface area (TPSA) is 57.0 Å². The summed E-state index contributed by atoms with van der Waals surface area (Å²) in [5.41, 5.74) is 6.91. The molecule has 2 heterocycles. The summed E-state index contributed by atoms with van der Waals surface area (Å²) in [4.78, 5) is 2.44. The van der Waals surface area contributed by atoms with E-state index < -0.39 is 0 Å². The predicted octanol–water partition coefficient (Wildman–Crippen LogP) is 0.965. The van der Waals surface area contributed by atoms with Gasteiger partial charge in [-0.1, -0.05) is 6.07 Å². The second-order valence-electron chi connectivity index (χ2n) is 4.96. The highest BCUT2D eigenvalue weighted by atomic mass is 16.7. The molecule has 1 atom stereocenters. The molecule has 0 radical (unpaired) electrons. The van der Waals surface area contributed by atoms with Gasteiger partial charge in [0, 0.05) is 19.1 Å². The molecule has 2 aliphatic rings. The number of benzene rings is 1. The van der Waals surface area contributed by atoms with E-state index in [-0.39, 0.29) is 0 Å². The number of hydrogen-bond acceptors (Lipinski definition) is 5. The van der Waals surface area contributed by atoms with Gasteiger partial charge in [-0.3, -0.25) is 4.90 Å². The molecule has 1 aromatic carbocycles. The lowest BCUT2D eigenvalue weighted by Crippen LogP contribution is -2.45. The molecule has 1 unspecified atom stereocenters. The molecule has 1 fully saturated rings. The van der Waals surface area contributed by atoms with Crippen LogP contribution in [-0.4, -0.2) is 44.0 Å². The minimum Gasteiger partial charge on any atom is -0.454 e. The Kier molecular flexibility index (Phi) is 3.87. The lowest BCUT2D eigenvalue weighted by atomic mass is 10.1. The van der Waals surface area contributed by atoms with E-state index >= 15 is 0 Å². The van der Waals surface area contributed by atoms with Gasteiger partial charge in [0.15, 0.2) is 11.5 Å². The molecule has 1 saturated heterocycles. The Bertz CT molecular complexity index is 437. The molecule has 5 heteroatoms. The van der Waals surface area contributed by atoms with Gasteiger partial charge in [0.1, 0.15) is 0 Å². The summed E-state index contributed by atoms with van der Waals surface area (Å²) in [5.74, 6) is 1.69. The predicted molar refractivity (Wildman–Crippen MR) is 71.3 cm³/mol. The zero-order chi connectivity index (χ0) is 13.1. The molecule has 0 aromatic heterocycles. The summed E-state index contributed by atoms with van der Waals surface area (Å²) in [6, 6.07) is 6.57. The van der Waals surface area contributed by atoms with Crippen molar-refractivity contribution < 1.29 is 14.2 Å². The fourth-order valence-corrected chi connectivity index (χ4v) is 2.63. The first-order valence-corrected chi connectivity index (χ1v) is 6.77. The van der Waals surface area contributed by atoms with Crippen LogP contribution in [0.15, 0.2) is 18.2 Å². The largest absolute Gasteiger partial charge is 0.454 e. The third-order valence-corrected chi connectivity index (χ3v) is 3.67. The van der Waals surface area contributed by atoms with Crippen molar-refractivity contribution in [3.8, 4) is 11.5 Å². The third-order valence-electron chi connectivity index (χ3n) is 3.67. The molecule has 3 rings (SSSR count). The molecular weight excluding hydrogens is 244 g/mol.